The lowest BCUT2D eigenvalue weighted by molar-refractivity contribution is -0.384. The van der Waals surface area contributed by atoms with E-state index in [0.29, 0.717) is 18.7 Å². The first-order valence-corrected chi connectivity index (χ1v) is 10.8. The first kappa shape index (κ1) is 24.8. The lowest BCUT2D eigenvalue weighted by atomic mass is 10.2. The Labute approximate surface area is 189 Å². The number of aryl methyl sites for hydroxylation is 1. The Balaban J connectivity index is 2.09. The minimum absolute atomic E-state index is 0.00472. The smallest absolute Gasteiger partial charge is 0.269 e. The first-order chi connectivity index (χ1) is 15.2. The summed E-state index contributed by atoms with van der Waals surface area (Å²) in [5, 5.41) is 10.8. The quantitative estimate of drug-likeness (QED) is 0.300. The highest BCUT2D eigenvalue weighted by molar-refractivity contribution is 5.94. The summed E-state index contributed by atoms with van der Waals surface area (Å²) in [5.74, 6) is -0.369. The third-order valence-electron chi connectivity index (χ3n) is 5.27. The number of unbranched alkanes of at least 4 members (excludes halogenated alkanes) is 1. The normalized spacial score (nSPS) is 11.2. The van der Waals surface area contributed by atoms with Crippen LogP contribution in [0.1, 0.15) is 44.9 Å². The van der Waals surface area contributed by atoms with Crippen LogP contribution in [-0.4, -0.2) is 50.2 Å². The molecule has 0 unspecified atom stereocenters. The van der Waals surface area contributed by atoms with Crippen LogP contribution in [0.3, 0.4) is 0 Å². The number of nitrogens with zero attached hydrogens (tertiary/aromatic N) is 4. The second-order valence-corrected chi connectivity index (χ2v) is 8.02. The Kier molecular flexibility index (Phi) is 9.19. The molecule has 8 nitrogen and oxygen atoms in total. The highest BCUT2D eigenvalue weighted by atomic mass is 16.6. The van der Waals surface area contributed by atoms with Crippen molar-refractivity contribution in [3.63, 3.8) is 0 Å². The molecule has 1 aromatic heterocycles. The molecule has 32 heavy (non-hydrogen) atoms. The van der Waals surface area contributed by atoms with Gasteiger partial charge in [0.15, 0.2) is 0 Å². The fourth-order valence-electron chi connectivity index (χ4n) is 3.23. The van der Waals surface area contributed by atoms with Crippen LogP contribution in [0.2, 0.25) is 0 Å². The van der Waals surface area contributed by atoms with Crippen molar-refractivity contribution in [3.05, 3.63) is 70.0 Å². The summed E-state index contributed by atoms with van der Waals surface area (Å²) in [6.07, 6.45) is 6.82. The predicted octanol–water partition coefficient (Wildman–Crippen LogP) is 4.01. The summed E-state index contributed by atoms with van der Waals surface area (Å²) in [6.45, 7) is 6.96. The molecule has 0 aliphatic heterocycles. The van der Waals surface area contributed by atoms with Crippen molar-refractivity contribution in [1.82, 2.24) is 14.4 Å². The van der Waals surface area contributed by atoms with Gasteiger partial charge in [0, 0.05) is 49.7 Å². The fourth-order valence-corrected chi connectivity index (χ4v) is 3.23. The minimum Gasteiger partial charge on any atom is -0.353 e. The van der Waals surface area contributed by atoms with Gasteiger partial charge in [0.2, 0.25) is 11.8 Å². The maximum Gasteiger partial charge on any atom is 0.269 e. The molecule has 0 saturated heterocycles. The van der Waals surface area contributed by atoms with Gasteiger partial charge in [0.25, 0.3) is 5.69 Å². The summed E-state index contributed by atoms with van der Waals surface area (Å²) < 4.78 is 1.99. The molecule has 0 spiro atoms. The fraction of sp³-hybridized carbons (Fsp3) is 0.417. The number of nitro benzene ring substituents is 1. The molecule has 0 saturated carbocycles. The van der Waals surface area contributed by atoms with E-state index in [4.69, 9.17) is 0 Å². The zero-order valence-corrected chi connectivity index (χ0v) is 19.2. The van der Waals surface area contributed by atoms with Gasteiger partial charge in [-0.3, -0.25) is 19.7 Å². The second kappa shape index (κ2) is 11.8. The van der Waals surface area contributed by atoms with Crippen LogP contribution < -0.4 is 0 Å². The van der Waals surface area contributed by atoms with Gasteiger partial charge in [-0.2, -0.15) is 0 Å². The third kappa shape index (κ3) is 7.08. The van der Waals surface area contributed by atoms with Crippen LogP contribution in [-0.2, 0) is 23.2 Å². The third-order valence-corrected chi connectivity index (χ3v) is 5.27. The molecule has 0 aliphatic carbocycles. The van der Waals surface area contributed by atoms with E-state index < -0.39 is 4.92 Å². The van der Waals surface area contributed by atoms with Gasteiger partial charge in [-0.25, -0.2) is 0 Å². The van der Waals surface area contributed by atoms with E-state index in [1.807, 2.05) is 48.7 Å². The number of aromatic nitrogens is 1. The van der Waals surface area contributed by atoms with Crippen molar-refractivity contribution in [3.8, 4) is 0 Å². The summed E-state index contributed by atoms with van der Waals surface area (Å²) in [7, 11) is 1.95. The highest BCUT2D eigenvalue weighted by Gasteiger charge is 2.22. The molecule has 2 rings (SSSR count). The molecule has 0 radical (unpaired) electrons. The van der Waals surface area contributed by atoms with E-state index in [0.717, 1.165) is 18.5 Å². The molecule has 0 bridgehead atoms. The molecule has 2 amide bonds. The number of amides is 2. The molecule has 0 fully saturated rings. The average molecular weight is 441 g/mol. The van der Waals surface area contributed by atoms with Gasteiger partial charge in [0.1, 0.15) is 6.54 Å². The second-order valence-electron chi connectivity index (χ2n) is 8.02. The molecule has 172 valence electrons. The molecule has 0 aliphatic rings. The van der Waals surface area contributed by atoms with Crippen LogP contribution in [0.25, 0.3) is 6.08 Å². The van der Waals surface area contributed by atoms with E-state index >= 15 is 0 Å². The van der Waals surface area contributed by atoms with Gasteiger partial charge < -0.3 is 14.4 Å². The Hall–Kier alpha value is -3.42. The molecular weight excluding hydrogens is 408 g/mol. The SMILES string of the molecule is CCCCN(Cc1cccn1C)C(=O)CN(C(=O)C=Cc1ccc([N+](=O)[O-])cc1)C(C)C. The number of non-ortho nitro benzene ring substituents is 1. The molecular formula is C24H32N4O4. The number of carbonyl (C=O) groups is 2. The molecule has 1 aromatic carbocycles. The Morgan fingerprint density at radius 1 is 1.19 bits per heavy atom. The number of nitro groups is 1. The summed E-state index contributed by atoms with van der Waals surface area (Å²) in [6, 6.07) is 9.73. The summed E-state index contributed by atoms with van der Waals surface area (Å²) >= 11 is 0. The zero-order valence-electron chi connectivity index (χ0n) is 19.2. The average Bonchev–Trinajstić information content (AvgIpc) is 3.17. The maximum absolute atomic E-state index is 13.1. The summed E-state index contributed by atoms with van der Waals surface area (Å²) in [4.78, 5) is 39.6. The van der Waals surface area contributed by atoms with Gasteiger partial charge in [-0.05, 0) is 56.2 Å². The van der Waals surface area contributed by atoms with Crippen molar-refractivity contribution in [2.45, 2.75) is 46.2 Å². The van der Waals surface area contributed by atoms with Crippen LogP contribution in [0.4, 0.5) is 5.69 Å². The van der Waals surface area contributed by atoms with Gasteiger partial charge in [-0.1, -0.05) is 13.3 Å². The lowest BCUT2D eigenvalue weighted by Crippen LogP contribution is -2.45. The maximum atomic E-state index is 13.1. The first-order valence-electron chi connectivity index (χ1n) is 10.8. The molecule has 0 atom stereocenters. The molecule has 1 heterocycles. The van der Waals surface area contributed by atoms with Crippen molar-refractivity contribution >= 4 is 23.6 Å². The number of carbonyl (C=O) groups excluding carboxylic acids is 2. The topological polar surface area (TPSA) is 88.7 Å². The van der Waals surface area contributed by atoms with Crippen molar-refractivity contribution < 1.29 is 14.5 Å². The van der Waals surface area contributed by atoms with Crippen LogP contribution in [0.15, 0.2) is 48.7 Å². The van der Waals surface area contributed by atoms with E-state index in [1.165, 1.54) is 23.1 Å². The van der Waals surface area contributed by atoms with Crippen LogP contribution >= 0.6 is 0 Å². The van der Waals surface area contributed by atoms with Crippen molar-refractivity contribution in [1.29, 1.82) is 0 Å². The minimum atomic E-state index is -0.468. The lowest BCUT2D eigenvalue weighted by Gasteiger charge is -2.29. The molecule has 0 N–H and O–H groups in total. The molecule has 8 heteroatoms. The standard InChI is InChI=1S/C24H32N4O4/c1-5-6-16-26(17-22-8-7-15-25(22)4)24(30)18-27(19(2)3)23(29)14-11-20-9-12-21(13-10-20)28(31)32/h7-15,19H,5-6,16-18H2,1-4H3. The zero-order chi connectivity index (χ0) is 23.7. The van der Waals surface area contributed by atoms with Crippen molar-refractivity contribution in [2.24, 2.45) is 7.05 Å². The van der Waals surface area contributed by atoms with E-state index in [1.54, 1.807) is 18.2 Å². The van der Waals surface area contributed by atoms with E-state index in [2.05, 4.69) is 6.92 Å². The molecule has 2 aromatic rings. The predicted molar refractivity (Wildman–Crippen MR) is 125 cm³/mol. The van der Waals surface area contributed by atoms with Gasteiger partial charge in [-0.15, -0.1) is 0 Å². The Morgan fingerprint density at radius 2 is 1.88 bits per heavy atom. The summed E-state index contributed by atoms with van der Waals surface area (Å²) in [5.41, 5.74) is 1.70. The van der Waals surface area contributed by atoms with Crippen LogP contribution in [0, 0.1) is 10.1 Å². The number of rotatable bonds is 11. The Bertz CT molecular complexity index is 947. The number of hydrogen-bond acceptors (Lipinski definition) is 4. The van der Waals surface area contributed by atoms with Crippen molar-refractivity contribution in [2.75, 3.05) is 13.1 Å². The number of hydrogen-bond donors (Lipinski definition) is 0. The highest BCUT2D eigenvalue weighted by Crippen LogP contribution is 2.14. The van der Waals surface area contributed by atoms with E-state index in [9.17, 15) is 19.7 Å². The Morgan fingerprint density at radius 3 is 2.41 bits per heavy atom. The number of benzene rings is 1. The monoisotopic (exact) mass is 440 g/mol. The van der Waals surface area contributed by atoms with Gasteiger partial charge in [0.05, 0.1) is 11.5 Å². The van der Waals surface area contributed by atoms with Crippen LogP contribution in [0.5, 0.6) is 0 Å². The van der Waals surface area contributed by atoms with E-state index in [-0.39, 0.29) is 30.1 Å². The largest absolute Gasteiger partial charge is 0.353 e. The van der Waals surface area contributed by atoms with Gasteiger partial charge >= 0.3 is 0 Å².